The number of phenolic OH excluding ortho intramolecular Hbond substituents is 1. The van der Waals surface area contributed by atoms with Crippen molar-refractivity contribution in [1.29, 1.82) is 0 Å². The Balaban J connectivity index is 1.33. The Kier molecular flexibility index (Phi) is 7.22. The summed E-state index contributed by atoms with van der Waals surface area (Å²) in [5, 5.41) is 19.5. The summed E-state index contributed by atoms with van der Waals surface area (Å²) in [5.74, 6) is -0.604. The molecule has 0 aliphatic rings. The van der Waals surface area contributed by atoms with E-state index in [1.165, 1.54) is 13.1 Å². The van der Waals surface area contributed by atoms with Crippen LogP contribution in [0.3, 0.4) is 0 Å². The molecular formula is C25H22FN7O2. The van der Waals surface area contributed by atoms with E-state index in [4.69, 9.17) is 0 Å². The first-order valence-corrected chi connectivity index (χ1v) is 10.6. The number of anilines is 4. The summed E-state index contributed by atoms with van der Waals surface area (Å²) in [4.78, 5) is 23.1. The van der Waals surface area contributed by atoms with Crippen LogP contribution in [0.25, 0.3) is 11.1 Å². The zero-order valence-electron chi connectivity index (χ0n) is 18.7. The van der Waals surface area contributed by atoms with Crippen molar-refractivity contribution in [3.63, 3.8) is 0 Å². The summed E-state index contributed by atoms with van der Waals surface area (Å²) >= 11 is 0. The van der Waals surface area contributed by atoms with E-state index in [1.807, 2.05) is 36.4 Å². The van der Waals surface area contributed by atoms with E-state index < -0.39 is 5.82 Å². The maximum absolute atomic E-state index is 13.7. The first-order chi connectivity index (χ1) is 17.0. The molecule has 0 unspecified atom stereocenters. The number of halogens is 1. The molecule has 35 heavy (non-hydrogen) atoms. The number of aromatic hydroxyl groups is 1. The molecule has 4 rings (SSSR count). The molecule has 0 aliphatic carbocycles. The minimum Gasteiger partial charge on any atom is -0.508 e. The lowest BCUT2D eigenvalue weighted by Crippen LogP contribution is -2.13. The number of phenols is 1. The van der Waals surface area contributed by atoms with Gasteiger partial charge >= 0.3 is 0 Å². The number of rotatable bonds is 9. The van der Waals surface area contributed by atoms with Gasteiger partial charge in [0.25, 0.3) is 0 Å². The number of hydrazone groups is 1. The highest BCUT2D eigenvalue weighted by atomic mass is 19.1. The van der Waals surface area contributed by atoms with Crippen LogP contribution in [0.5, 0.6) is 5.75 Å². The summed E-state index contributed by atoms with van der Waals surface area (Å²) in [7, 11) is 0. The lowest BCUT2D eigenvalue weighted by Gasteiger charge is -2.08. The lowest BCUT2D eigenvalue weighted by molar-refractivity contribution is -0.115. The van der Waals surface area contributed by atoms with Gasteiger partial charge in [-0.25, -0.2) is 14.8 Å². The third-order valence-corrected chi connectivity index (χ3v) is 4.75. The van der Waals surface area contributed by atoms with Crippen LogP contribution in [0.15, 0.2) is 78.2 Å². The quantitative estimate of drug-likeness (QED) is 0.207. The molecule has 0 amide bonds. The van der Waals surface area contributed by atoms with Crippen LogP contribution in [-0.4, -0.2) is 38.6 Å². The van der Waals surface area contributed by atoms with Crippen LogP contribution in [0, 0.1) is 5.82 Å². The van der Waals surface area contributed by atoms with E-state index >= 15 is 0 Å². The largest absolute Gasteiger partial charge is 0.508 e. The molecule has 4 aromatic rings. The Morgan fingerprint density at radius 1 is 1.03 bits per heavy atom. The summed E-state index contributed by atoms with van der Waals surface area (Å²) in [5.41, 5.74) is 6.81. The van der Waals surface area contributed by atoms with E-state index in [0.717, 1.165) is 28.7 Å². The molecule has 9 nitrogen and oxygen atoms in total. The summed E-state index contributed by atoms with van der Waals surface area (Å²) < 4.78 is 13.7. The van der Waals surface area contributed by atoms with Crippen molar-refractivity contribution >= 4 is 35.1 Å². The Bertz CT molecular complexity index is 1340. The van der Waals surface area contributed by atoms with Crippen molar-refractivity contribution < 1.29 is 14.3 Å². The Morgan fingerprint density at radius 2 is 1.83 bits per heavy atom. The van der Waals surface area contributed by atoms with Crippen LogP contribution in [0.1, 0.15) is 12.6 Å². The van der Waals surface area contributed by atoms with Gasteiger partial charge in [0.15, 0.2) is 11.6 Å². The predicted molar refractivity (Wildman–Crippen MR) is 133 cm³/mol. The van der Waals surface area contributed by atoms with Crippen molar-refractivity contribution in [2.45, 2.75) is 6.92 Å². The molecule has 2 heterocycles. The summed E-state index contributed by atoms with van der Waals surface area (Å²) in [6.45, 7) is 1.35. The van der Waals surface area contributed by atoms with Crippen LogP contribution < -0.4 is 16.1 Å². The van der Waals surface area contributed by atoms with Crippen molar-refractivity contribution in [2.24, 2.45) is 5.10 Å². The zero-order valence-corrected chi connectivity index (χ0v) is 18.7. The second-order valence-corrected chi connectivity index (χ2v) is 7.54. The fourth-order valence-electron chi connectivity index (χ4n) is 3.06. The lowest BCUT2D eigenvalue weighted by atomic mass is 10.1. The number of carbonyl (C=O) groups is 1. The van der Waals surface area contributed by atoms with Gasteiger partial charge in [-0.1, -0.05) is 24.3 Å². The second-order valence-electron chi connectivity index (χ2n) is 7.54. The first kappa shape index (κ1) is 23.3. The number of benzene rings is 2. The van der Waals surface area contributed by atoms with Crippen molar-refractivity contribution in [3.05, 3.63) is 84.6 Å². The molecule has 0 bridgehead atoms. The Labute approximate surface area is 200 Å². The number of aromatic nitrogens is 3. The predicted octanol–water partition coefficient (Wildman–Crippen LogP) is 4.57. The second kappa shape index (κ2) is 10.8. The van der Waals surface area contributed by atoms with Gasteiger partial charge in [0.1, 0.15) is 11.5 Å². The topological polar surface area (TPSA) is 124 Å². The minimum absolute atomic E-state index is 0.0390. The summed E-state index contributed by atoms with van der Waals surface area (Å²) in [6, 6.07) is 18.6. The molecule has 0 fully saturated rings. The highest BCUT2D eigenvalue weighted by molar-refractivity contribution is 5.80. The fraction of sp³-hybridized carbons (Fsp3) is 0.0800. The molecule has 4 N–H and O–H groups in total. The normalized spacial score (nSPS) is 10.8. The van der Waals surface area contributed by atoms with Gasteiger partial charge in [-0.3, -0.25) is 9.78 Å². The van der Waals surface area contributed by atoms with Crippen LogP contribution in [-0.2, 0) is 4.79 Å². The maximum atomic E-state index is 13.7. The van der Waals surface area contributed by atoms with E-state index in [2.05, 4.69) is 36.1 Å². The number of pyridine rings is 1. The van der Waals surface area contributed by atoms with Gasteiger partial charge in [0, 0.05) is 5.69 Å². The van der Waals surface area contributed by atoms with E-state index in [9.17, 15) is 14.3 Å². The molecule has 10 heteroatoms. The van der Waals surface area contributed by atoms with Crippen LogP contribution >= 0.6 is 0 Å². The molecule has 2 aromatic carbocycles. The SMILES string of the molecule is CC(=O)CNc1nc(N/N=C/c2ccc(Nc3ccc(-c4cccc(O)c4)cc3)cn2)ncc1F. The molecule has 176 valence electrons. The van der Waals surface area contributed by atoms with Gasteiger partial charge in [0.05, 0.1) is 36.5 Å². The van der Waals surface area contributed by atoms with E-state index in [-0.39, 0.29) is 29.8 Å². The van der Waals surface area contributed by atoms with E-state index in [1.54, 1.807) is 30.5 Å². The molecule has 0 radical (unpaired) electrons. The first-order valence-electron chi connectivity index (χ1n) is 10.6. The fourth-order valence-corrected chi connectivity index (χ4v) is 3.06. The maximum Gasteiger partial charge on any atom is 0.245 e. The number of carbonyl (C=O) groups excluding carboxylic acids is 1. The average molecular weight is 471 g/mol. The number of nitrogens with zero attached hydrogens (tertiary/aromatic N) is 4. The third-order valence-electron chi connectivity index (χ3n) is 4.75. The van der Waals surface area contributed by atoms with Crippen LogP contribution in [0.4, 0.5) is 27.5 Å². The number of hydrogen-bond acceptors (Lipinski definition) is 9. The van der Waals surface area contributed by atoms with Gasteiger partial charge in [-0.15, -0.1) is 0 Å². The van der Waals surface area contributed by atoms with Gasteiger partial charge in [0.2, 0.25) is 5.95 Å². The molecule has 0 atom stereocenters. The van der Waals surface area contributed by atoms with Gasteiger partial charge in [-0.05, 0) is 54.4 Å². The Hall–Kier alpha value is -4.86. The Morgan fingerprint density at radius 3 is 2.54 bits per heavy atom. The van der Waals surface area contributed by atoms with Crippen molar-refractivity contribution in [1.82, 2.24) is 15.0 Å². The van der Waals surface area contributed by atoms with Crippen molar-refractivity contribution in [3.8, 4) is 16.9 Å². The van der Waals surface area contributed by atoms with Crippen molar-refractivity contribution in [2.75, 3.05) is 22.6 Å². The smallest absolute Gasteiger partial charge is 0.245 e. The monoisotopic (exact) mass is 471 g/mol. The highest BCUT2D eigenvalue weighted by Gasteiger charge is 2.07. The minimum atomic E-state index is -0.667. The average Bonchev–Trinajstić information content (AvgIpc) is 2.86. The molecular weight excluding hydrogens is 449 g/mol. The zero-order chi connectivity index (χ0) is 24.6. The molecule has 2 aromatic heterocycles. The number of Topliss-reactive ketones (excluding diaryl/α,β-unsaturated/α-hetero) is 1. The molecule has 0 aliphatic heterocycles. The molecule has 0 saturated heterocycles. The van der Waals surface area contributed by atoms with Crippen LogP contribution in [0.2, 0.25) is 0 Å². The van der Waals surface area contributed by atoms with Gasteiger partial charge in [-0.2, -0.15) is 10.1 Å². The summed E-state index contributed by atoms with van der Waals surface area (Å²) in [6.07, 6.45) is 4.13. The molecule has 0 saturated carbocycles. The number of hydrogen-bond donors (Lipinski definition) is 4. The van der Waals surface area contributed by atoms with E-state index in [0.29, 0.717) is 5.69 Å². The van der Waals surface area contributed by atoms with Gasteiger partial charge < -0.3 is 15.7 Å². The highest BCUT2D eigenvalue weighted by Crippen LogP contribution is 2.25. The number of nitrogens with one attached hydrogen (secondary N) is 3. The standard InChI is InChI=1S/C25H22FN7O2/c1-16(34)12-28-24-23(26)15-29-25(32-24)33-30-14-20-9-10-21(13-27-20)31-19-7-5-17(6-8-19)18-3-2-4-22(35)11-18/h2-11,13-15,31,35H,12H2,1H3,(H2,28,29,32,33)/b30-14+. The third kappa shape index (κ3) is 6.57. The number of ketones is 1. The molecule has 0 spiro atoms.